The molecule has 0 aromatic heterocycles. The van der Waals surface area contributed by atoms with Crippen LogP contribution in [0.2, 0.25) is 0 Å². The number of amides is 2. The predicted octanol–water partition coefficient (Wildman–Crippen LogP) is 1.98. The standard InChI is InChI=1S/C23H29N3O6/c1-23(2,3)32-22(31)26-19(11-20(28)29)21(30)25-17(14-27)13-24-12-16-9-6-8-15-7-4-5-10-18(15)16/h4-10,14,17,19,24H,11-13H2,1-3H3,(H,25,30)(H,26,31)(H,28,29)/t17-,19-/m0/s1. The number of rotatable bonds is 10. The lowest BCUT2D eigenvalue weighted by Crippen LogP contribution is -2.53. The van der Waals surface area contributed by atoms with E-state index in [4.69, 9.17) is 9.84 Å². The van der Waals surface area contributed by atoms with Crippen LogP contribution in [0, 0.1) is 0 Å². The third-order valence-electron chi connectivity index (χ3n) is 4.44. The van der Waals surface area contributed by atoms with Gasteiger partial charge < -0.3 is 30.6 Å². The van der Waals surface area contributed by atoms with Gasteiger partial charge in [-0.05, 0) is 37.1 Å². The van der Waals surface area contributed by atoms with Crippen LogP contribution in [0.25, 0.3) is 10.8 Å². The lowest BCUT2D eigenvalue weighted by molar-refractivity contribution is -0.140. The van der Waals surface area contributed by atoms with Crippen LogP contribution in [0.15, 0.2) is 42.5 Å². The largest absolute Gasteiger partial charge is 0.481 e. The lowest BCUT2D eigenvalue weighted by atomic mass is 10.0. The van der Waals surface area contributed by atoms with E-state index in [0.717, 1.165) is 16.3 Å². The summed E-state index contributed by atoms with van der Waals surface area (Å²) >= 11 is 0. The number of hydrogen-bond donors (Lipinski definition) is 4. The fraction of sp³-hybridized carbons (Fsp3) is 0.391. The second kappa shape index (κ2) is 11.2. The highest BCUT2D eigenvalue weighted by atomic mass is 16.6. The van der Waals surface area contributed by atoms with E-state index in [2.05, 4.69) is 16.0 Å². The van der Waals surface area contributed by atoms with Crippen molar-refractivity contribution in [3.8, 4) is 0 Å². The Kier molecular flexibility index (Phi) is 8.71. The van der Waals surface area contributed by atoms with E-state index in [0.29, 0.717) is 12.8 Å². The van der Waals surface area contributed by atoms with Crippen LogP contribution in [0.3, 0.4) is 0 Å². The highest BCUT2D eigenvalue weighted by Crippen LogP contribution is 2.18. The normalized spacial score (nSPS) is 13.1. The van der Waals surface area contributed by atoms with E-state index in [-0.39, 0.29) is 6.54 Å². The number of carbonyl (C=O) groups is 4. The molecule has 9 nitrogen and oxygen atoms in total. The second-order valence-electron chi connectivity index (χ2n) is 8.32. The van der Waals surface area contributed by atoms with Crippen molar-refractivity contribution in [2.75, 3.05) is 6.54 Å². The SMILES string of the molecule is CC(C)(C)OC(=O)N[C@@H](CC(=O)O)C(=O)N[C@H](C=O)CNCc1cccc2ccccc12. The lowest BCUT2D eigenvalue weighted by Gasteiger charge is -2.23. The van der Waals surface area contributed by atoms with Gasteiger partial charge in [0.05, 0.1) is 12.5 Å². The van der Waals surface area contributed by atoms with Crippen LogP contribution in [0.1, 0.15) is 32.8 Å². The molecule has 0 unspecified atom stereocenters. The minimum Gasteiger partial charge on any atom is -0.481 e. The number of carbonyl (C=O) groups excluding carboxylic acids is 3. The summed E-state index contributed by atoms with van der Waals surface area (Å²) in [4.78, 5) is 47.1. The molecule has 2 aromatic carbocycles. The number of alkyl carbamates (subject to hydrolysis) is 1. The molecule has 0 radical (unpaired) electrons. The van der Waals surface area contributed by atoms with E-state index in [1.54, 1.807) is 20.8 Å². The van der Waals surface area contributed by atoms with Gasteiger partial charge in [0.25, 0.3) is 0 Å². The quantitative estimate of drug-likeness (QED) is 0.413. The fourth-order valence-corrected chi connectivity index (χ4v) is 3.06. The van der Waals surface area contributed by atoms with Gasteiger partial charge in [-0.25, -0.2) is 4.79 Å². The molecule has 0 aliphatic heterocycles. The second-order valence-corrected chi connectivity index (χ2v) is 8.32. The third kappa shape index (κ3) is 7.99. The van der Waals surface area contributed by atoms with Gasteiger partial charge in [0, 0.05) is 13.1 Å². The number of fused-ring (bicyclic) bond motifs is 1. The molecule has 0 saturated heterocycles. The summed E-state index contributed by atoms with van der Waals surface area (Å²) in [7, 11) is 0. The summed E-state index contributed by atoms with van der Waals surface area (Å²) < 4.78 is 5.08. The molecule has 172 valence electrons. The van der Waals surface area contributed by atoms with Crippen LogP contribution in [0.5, 0.6) is 0 Å². The summed E-state index contributed by atoms with van der Waals surface area (Å²) in [5.74, 6) is -2.07. The Hall–Kier alpha value is -3.46. The molecule has 0 fully saturated rings. The average Bonchev–Trinajstić information content (AvgIpc) is 2.70. The van der Waals surface area contributed by atoms with Gasteiger partial charge in [0.15, 0.2) is 0 Å². The van der Waals surface area contributed by atoms with Crippen LogP contribution in [-0.2, 0) is 25.7 Å². The number of aldehydes is 1. The van der Waals surface area contributed by atoms with Gasteiger partial charge in [-0.3, -0.25) is 9.59 Å². The maximum absolute atomic E-state index is 12.5. The highest BCUT2D eigenvalue weighted by molar-refractivity contribution is 5.90. The molecule has 2 amide bonds. The molecule has 2 rings (SSSR count). The number of aliphatic carboxylic acids is 1. The number of carboxylic acids is 1. The molecule has 0 heterocycles. The van der Waals surface area contributed by atoms with Gasteiger partial charge in [0.1, 0.15) is 17.9 Å². The molecule has 0 spiro atoms. The van der Waals surface area contributed by atoms with Crippen molar-refractivity contribution in [3.05, 3.63) is 48.0 Å². The predicted molar refractivity (Wildman–Crippen MR) is 119 cm³/mol. The van der Waals surface area contributed by atoms with Crippen molar-refractivity contribution in [3.63, 3.8) is 0 Å². The zero-order chi connectivity index (χ0) is 23.7. The molecule has 0 bridgehead atoms. The van der Waals surface area contributed by atoms with Gasteiger partial charge in [-0.2, -0.15) is 0 Å². The third-order valence-corrected chi connectivity index (χ3v) is 4.44. The van der Waals surface area contributed by atoms with Crippen LogP contribution < -0.4 is 16.0 Å². The summed E-state index contributed by atoms with van der Waals surface area (Å²) in [5.41, 5.74) is 0.222. The first-order valence-electron chi connectivity index (χ1n) is 10.2. The number of nitrogens with one attached hydrogen (secondary N) is 3. The summed E-state index contributed by atoms with van der Waals surface area (Å²) in [6.45, 7) is 5.52. The summed E-state index contributed by atoms with van der Waals surface area (Å²) in [6.07, 6.45) is -1.02. The van der Waals surface area contributed by atoms with Crippen molar-refractivity contribution >= 4 is 35.0 Å². The van der Waals surface area contributed by atoms with Gasteiger partial charge >= 0.3 is 12.1 Å². The molecule has 2 aromatic rings. The van der Waals surface area contributed by atoms with Crippen LogP contribution >= 0.6 is 0 Å². The zero-order valence-electron chi connectivity index (χ0n) is 18.4. The Balaban J connectivity index is 1.95. The molecule has 2 atom stereocenters. The van der Waals surface area contributed by atoms with Gasteiger partial charge in [-0.15, -0.1) is 0 Å². The zero-order valence-corrected chi connectivity index (χ0v) is 18.4. The Morgan fingerprint density at radius 2 is 1.75 bits per heavy atom. The van der Waals surface area contributed by atoms with Crippen molar-refractivity contribution in [2.24, 2.45) is 0 Å². The van der Waals surface area contributed by atoms with Crippen molar-refractivity contribution < 1.29 is 29.0 Å². The monoisotopic (exact) mass is 443 g/mol. The Morgan fingerprint density at radius 3 is 2.41 bits per heavy atom. The molecule has 4 N–H and O–H groups in total. The van der Waals surface area contributed by atoms with E-state index in [9.17, 15) is 19.2 Å². The molecule has 0 saturated carbocycles. The Morgan fingerprint density at radius 1 is 1.06 bits per heavy atom. The topological polar surface area (TPSA) is 134 Å². The summed E-state index contributed by atoms with van der Waals surface area (Å²) in [5, 5.41) is 19.1. The first-order valence-corrected chi connectivity index (χ1v) is 10.2. The molecule has 0 aliphatic rings. The first kappa shape index (κ1) is 24.8. The number of carboxylic acid groups (broad SMARTS) is 1. The van der Waals surface area contributed by atoms with Crippen molar-refractivity contribution in [1.82, 2.24) is 16.0 Å². The highest BCUT2D eigenvalue weighted by Gasteiger charge is 2.27. The number of benzene rings is 2. The van der Waals surface area contributed by atoms with Gasteiger partial charge in [0.2, 0.25) is 5.91 Å². The maximum Gasteiger partial charge on any atom is 0.408 e. The number of hydrogen-bond acceptors (Lipinski definition) is 6. The van der Waals surface area contributed by atoms with Gasteiger partial charge in [-0.1, -0.05) is 42.5 Å². The molecule has 9 heteroatoms. The van der Waals surface area contributed by atoms with Crippen molar-refractivity contribution in [2.45, 2.75) is 51.4 Å². The molecular formula is C23H29N3O6. The first-order chi connectivity index (χ1) is 15.1. The minimum atomic E-state index is -1.39. The smallest absolute Gasteiger partial charge is 0.408 e. The van der Waals surface area contributed by atoms with E-state index in [1.165, 1.54) is 0 Å². The summed E-state index contributed by atoms with van der Waals surface area (Å²) in [6, 6.07) is 11.5. The minimum absolute atomic E-state index is 0.130. The average molecular weight is 444 g/mol. The van der Waals surface area contributed by atoms with Crippen LogP contribution in [0.4, 0.5) is 4.79 Å². The fourth-order valence-electron chi connectivity index (χ4n) is 3.06. The molecular weight excluding hydrogens is 414 g/mol. The van der Waals surface area contributed by atoms with Crippen LogP contribution in [-0.4, -0.2) is 53.6 Å². The van der Waals surface area contributed by atoms with E-state index in [1.807, 2.05) is 42.5 Å². The maximum atomic E-state index is 12.5. The number of ether oxygens (including phenoxy) is 1. The Labute approximate surface area is 186 Å². The van der Waals surface area contributed by atoms with E-state index < -0.39 is 42.1 Å². The molecule has 32 heavy (non-hydrogen) atoms. The van der Waals surface area contributed by atoms with E-state index >= 15 is 0 Å². The Bertz CT molecular complexity index is 964. The molecule has 0 aliphatic carbocycles. The van der Waals surface area contributed by atoms with Crippen molar-refractivity contribution in [1.29, 1.82) is 0 Å².